The summed E-state index contributed by atoms with van der Waals surface area (Å²) >= 11 is 0. The third-order valence-corrected chi connectivity index (χ3v) is 5.04. The molecule has 0 aromatic carbocycles. The van der Waals surface area contributed by atoms with Crippen LogP contribution >= 0.6 is 0 Å². The molecule has 5 nitrogen and oxygen atoms in total. The van der Waals surface area contributed by atoms with Gasteiger partial charge in [0.25, 0.3) is 0 Å². The summed E-state index contributed by atoms with van der Waals surface area (Å²) in [6, 6.07) is 0.296. The molecule has 0 saturated heterocycles. The molecule has 20 heavy (non-hydrogen) atoms. The van der Waals surface area contributed by atoms with Crippen LogP contribution in [0.1, 0.15) is 52.4 Å². The first-order valence-corrected chi connectivity index (χ1v) is 9.38. The molecule has 6 heteroatoms. The molecule has 1 saturated carbocycles. The first kappa shape index (κ1) is 17.4. The van der Waals surface area contributed by atoms with Crippen LogP contribution in [0, 0.1) is 5.92 Å². The second kappa shape index (κ2) is 7.98. The largest absolute Gasteiger partial charge is 0.353 e. The Labute approximate surface area is 123 Å². The van der Waals surface area contributed by atoms with Crippen molar-refractivity contribution in [2.24, 2.45) is 5.92 Å². The van der Waals surface area contributed by atoms with Gasteiger partial charge in [0.2, 0.25) is 15.9 Å². The highest BCUT2D eigenvalue weighted by Crippen LogP contribution is 2.17. The van der Waals surface area contributed by atoms with E-state index in [9.17, 15) is 13.2 Å². The summed E-state index contributed by atoms with van der Waals surface area (Å²) in [4.78, 5) is 11.8. The lowest BCUT2D eigenvalue weighted by Gasteiger charge is -2.21. The van der Waals surface area contributed by atoms with Gasteiger partial charge in [0, 0.05) is 25.6 Å². The van der Waals surface area contributed by atoms with Crippen molar-refractivity contribution in [2.45, 2.75) is 58.4 Å². The maximum absolute atomic E-state index is 11.8. The normalized spacial score (nSPS) is 17.1. The minimum absolute atomic E-state index is 0.0323. The van der Waals surface area contributed by atoms with Crippen molar-refractivity contribution in [3.8, 4) is 0 Å². The van der Waals surface area contributed by atoms with Crippen molar-refractivity contribution in [3.05, 3.63) is 0 Å². The van der Waals surface area contributed by atoms with Crippen molar-refractivity contribution in [1.29, 1.82) is 0 Å². The van der Waals surface area contributed by atoms with Gasteiger partial charge in [-0.1, -0.05) is 26.7 Å². The summed E-state index contributed by atoms with van der Waals surface area (Å²) < 4.78 is 24.8. The molecule has 1 aliphatic carbocycles. The van der Waals surface area contributed by atoms with Crippen LogP contribution in [-0.2, 0) is 14.8 Å². The van der Waals surface area contributed by atoms with E-state index in [1.807, 2.05) is 0 Å². The highest BCUT2D eigenvalue weighted by molar-refractivity contribution is 7.88. The molecule has 1 rings (SSSR count). The monoisotopic (exact) mass is 304 g/mol. The van der Waals surface area contributed by atoms with E-state index >= 15 is 0 Å². The Morgan fingerprint density at radius 2 is 1.85 bits per heavy atom. The molecule has 1 fully saturated rings. The average molecular weight is 304 g/mol. The van der Waals surface area contributed by atoms with Crippen molar-refractivity contribution in [1.82, 2.24) is 9.62 Å². The second-order valence-electron chi connectivity index (χ2n) is 6.14. The quantitative estimate of drug-likeness (QED) is 0.743. The highest BCUT2D eigenvalue weighted by atomic mass is 32.2. The molecule has 0 aromatic heterocycles. The van der Waals surface area contributed by atoms with E-state index in [1.165, 1.54) is 23.4 Å². The molecule has 0 spiro atoms. The maximum atomic E-state index is 11.8. The number of carbonyl (C=O) groups is 1. The van der Waals surface area contributed by atoms with Gasteiger partial charge in [0.15, 0.2) is 0 Å². The van der Waals surface area contributed by atoms with Crippen LogP contribution < -0.4 is 5.32 Å². The van der Waals surface area contributed by atoms with E-state index < -0.39 is 10.0 Å². The van der Waals surface area contributed by atoms with E-state index in [0.717, 1.165) is 19.3 Å². The molecule has 0 aliphatic heterocycles. The maximum Gasteiger partial charge on any atom is 0.221 e. The third kappa shape index (κ3) is 6.70. The second-order valence-corrected chi connectivity index (χ2v) is 8.13. The van der Waals surface area contributed by atoms with E-state index in [0.29, 0.717) is 18.5 Å². The summed E-state index contributed by atoms with van der Waals surface area (Å²) in [6.45, 7) is 4.90. The molecule has 0 heterocycles. The molecule has 1 aliphatic rings. The zero-order valence-corrected chi connectivity index (χ0v) is 13.7. The van der Waals surface area contributed by atoms with Crippen molar-refractivity contribution >= 4 is 15.9 Å². The topological polar surface area (TPSA) is 66.5 Å². The molecule has 0 aromatic rings. The Morgan fingerprint density at radius 3 is 2.35 bits per heavy atom. The number of hydrogen-bond acceptors (Lipinski definition) is 3. The van der Waals surface area contributed by atoms with Crippen LogP contribution in [0.5, 0.6) is 0 Å². The van der Waals surface area contributed by atoms with Crippen LogP contribution in [0.25, 0.3) is 0 Å². The predicted molar refractivity (Wildman–Crippen MR) is 80.9 cm³/mol. The van der Waals surface area contributed by atoms with Gasteiger partial charge in [0.05, 0.1) is 6.26 Å². The van der Waals surface area contributed by atoms with Crippen LogP contribution in [0.4, 0.5) is 0 Å². The minimum Gasteiger partial charge on any atom is -0.353 e. The Hall–Kier alpha value is -0.620. The lowest BCUT2D eigenvalue weighted by Crippen LogP contribution is -2.38. The van der Waals surface area contributed by atoms with Crippen molar-refractivity contribution in [2.75, 3.05) is 19.3 Å². The van der Waals surface area contributed by atoms with Gasteiger partial charge in [0.1, 0.15) is 0 Å². The fourth-order valence-electron chi connectivity index (χ4n) is 2.44. The van der Waals surface area contributed by atoms with Crippen LogP contribution in [0.2, 0.25) is 0 Å². The van der Waals surface area contributed by atoms with E-state index in [4.69, 9.17) is 0 Å². The van der Waals surface area contributed by atoms with Gasteiger partial charge in [-0.3, -0.25) is 4.79 Å². The van der Waals surface area contributed by atoms with E-state index in [2.05, 4.69) is 19.2 Å². The fourth-order valence-corrected chi connectivity index (χ4v) is 3.30. The summed E-state index contributed by atoms with van der Waals surface area (Å²) in [6.07, 6.45) is 6.73. The molecule has 0 atom stereocenters. The number of hydrogen-bond donors (Lipinski definition) is 1. The molecule has 0 radical (unpaired) electrons. The van der Waals surface area contributed by atoms with E-state index in [-0.39, 0.29) is 18.9 Å². The Bertz CT molecular complexity index is 401. The van der Waals surface area contributed by atoms with Gasteiger partial charge >= 0.3 is 0 Å². The summed E-state index contributed by atoms with van der Waals surface area (Å²) in [5, 5.41) is 2.99. The summed E-state index contributed by atoms with van der Waals surface area (Å²) in [7, 11) is -3.23. The third-order valence-electron chi connectivity index (χ3n) is 3.73. The molecular weight excluding hydrogens is 276 g/mol. The van der Waals surface area contributed by atoms with Crippen molar-refractivity contribution < 1.29 is 13.2 Å². The first-order valence-electron chi connectivity index (χ1n) is 7.53. The van der Waals surface area contributed by atoms with Gasteiger partial charge in [-0.25, -0.2) is 12.7 Å². The Kier molecular flexibility index (Phi) is 6.95. The number of carbonyl (C=O) groups excluding carboxylic acids is 1. The first-order chi connectivity index (χ1) is 9.29. The number of nitrogens with zero attached hydrogens (tertiary/aromatic N) is 1. The van der Waals surface area contributed by atoms with Crippen LogP contribution in [0.15, 0.2) is 0 Å². The summed E-state index contributed by atoms with van der Waals surface area (Å²) in [5.41, 5.74) is 0. The number of sulfonamides is 1. The van der Waals surface area contributed by atoms with Crippen LogP contribution in [0.3, 0.4) is 0 Å². The van der Waals surface area contributed by atoms with Gasteiger partial charge < -0.3 is 5.32 Å². The summed E-state index contributed by atoms with van der Waals surface area (Å²) in [5.74, 6) is 0.418. The lowest BCUT2D eigenvalue weighted by molar-refractivity contribution is -0.121. The SMILES string of the molecule is CC(C)CCN(CCC(=O)NC1CCCC1)S(C)(=O)=O. The number of rotatable bonds is 8. The molecular formula is C14H28N2O3S. The fraction of sp³-hybridized carbons (Fsp3) is 0.929. The number of nitrogens with one attached hydrogen (secondary N) is 1. The highest BCUT2D eigenvalue weighted by Gasteiger charge is 2.20. The molecule has 0 unspecified atom stereocenters. The molecule has 118 valence electrons. The van der Waals surface area contributed by atoms with Gasteiger partial charge in [-0.2, -0.15) is 0 Å². The van der Waals surface area contributed by atoms with Crippen molar-refractivity contribution in [3.63, 3.8) is 0 Å². The Morgan fingerprint density at radius 1 is 1.25 bits per heavy atom. The predicted octanol–water partition coefficient (Wildman–Crippen LogP) is 1.74. The zero-order valence-electron chi connectivity index (χ0n) is 12.9. The minimum atomic E-state index is -3.23. The van der Waals surface area contributed by atoms with E-state index in [1.54, 1.807) is 0 Å². The Balaban J connectivity index is 2.38. The smallest absolute Gasteiger partial charge is 0.221 e. The van der Waals surface area contributed by atoms with Gasteiger partial charge in [-0.05, 0) is 25.2 Å². The molecule has 0 bridgehead atoms. The number of amides is 1. The molecule has 1 amide bonds. The average Bonchev–Trinajstić information content (AvgIpc) is 2.79. The standard InChI is InChI=1S/C14H28N2O3S/c1-12(2)8-10-16(20(3,18)19)11-9-14(17)15-13-6-4-5-7-13/h12-13H,4-11H2,1-3H3,(H,15,17). The van der Waals surface area contributed by atoms with Crippen LogP contribution in [-0.4, -0.2) is 44.0 Å². The zero-order chi connectivity index (χ0) is 15.2. The van der Waals surface area contributed by atoms with Gasteiger partial charge in [-0.15, -0.1) is 0 Å². The lowest BCUT2D eigenvalue weighted by atomic mass is 10.1. The molecule has 1 N–H and O–H groups in total.